The van der Waals surface area contributed by atoms with Gasteiger partial charge in [-0.05, 0) is 19.3 Å². The molecule has 2 rings (SSSR count). The molecule has 20 heavy (non-hydrogen) atoms. The molecule has 6 heteroatoms. The molecule has 1 aliphatic heterocycles. The average molecular weight is 277 g/mol. The number of hydrogen-bond acceptors (Lipinski definition) is 4. The summed E-state index contributed by atoms with van der Waals surface area (Å²) >= 11 is 0. The van der Waals surface area contributed by atoms with Crippen molar-refractivity contribution < 1.29 is 14.7 Å². The first-order valence-corrected chi connectivity index (χ1v) is 6.68. The van der Waals surface area contributed by atoms with Crippen LogP contribution in [0.15, 0.2) is 12.5 Å². The summed E-state index contributed by atoms with van der Waals surface area (Å²) < 4.78 is 0. The molecule has 0 saturated carbocycles. The van der Waals surface area contributed by atoms with E-state index in [1.54, 1.807) is 11.8 Å². The van der Waals surface area contributed by atoms with E-state index in [1.165, 1.54) is 12.5 Å². The first kappa shape index (κ1) is 14.4. The minimum Gasteiger partial charge on any atom is -0.481 e. The molecular formula is C14H19N3O3. The Balaban J connectivity index is 2.24. The van der Waals surface area contributed by atoms with Gasteiger partial charge in [0.05, 0.1) is 16.7 Å². The Morgan fingerprint density at radius 1 is 1.45 bits per heavy atom. The molecule has 0 spiro atoms. The molecule has 0 aromatic carbocycles. The largest absolute Gasteiger partial charge is 0.481 e. The van der Waals surface area contributed by atoms with Gasteiger partial charge in [0.1, 0.15) is 6.33 Å². The number of aliphatic carboxylic acids is 1. The molecule has 1 fully saturated rings. The minimum atomic E-state index is -0.860. The molecule has 1 aliphatic rings. The quantitative estimate of drug-likeness (QED) is 0.906. The van der Waals surface area contributed by atoms with Crippen LogP contribution >= 0.6 is 0 Å². The summed E-state index contributed by atoms with van der Waals surface area (Å²) in [4.78, 5) is 33.4. The van der Waals surface area contributed by atoms with Crippen molar-refractivity contribution in [2.45, 2.75) is 33.1 Å². The molecule has 0 bridgehead atoms. The smallest absolute Gasteiger partial charge is 0.311 e. The number of carbonyl (C=O) groups excluding carboxylic acids is 1. The van der Waals surface area contributed by atoms with E-state index >= 15 is 0 Å². The van der Waals surface area contributed by atoms with Crippen molar-refractivity contribution in [2.75, 3.05) is 13.1 Å². The van der Waals surface area contributed by atoms with Crippen LogP contribution in [0.1, 0.15) is 49.2 Å². The molecule has 108 valence electrons. The maximum atomic E-state index is 12.5. The Morgan fingerprint density at radius 2 is 2.15 bits per heavy atom. The lowest BCUT2D eigenvalue weighted by Gasteiger charge is -2.21. The van der Waals surface area contributed by atoms with Crippen molar-refractivity contribution >= 4 is 11.9 Å². The van der Waals surface area contributed by atoms with E-state index in [1.807, 2.05) is 13.8 Å². The predicted molar refractivity (Wildman–Crippen MR) is 72.4 cm³/mol. The van der Waals surface area contributed by atoms with E-state index in [-0.39, 0.29) is 18.4 Å². The second kappa shape index (κ2) is 5.19. The fourth-order valence-electron chi connectivity index (χ4n) is 2.44. The average Bonchev–Trinajstić information content (AvgIpc) is 2.82. The summed E-state index contributed by atoms with van der Waals surface area (Å²) in [5.41, 5.74) is 0.314. The fourth-order valence-corrected chi connectivity index (χ4v) is 2.44. The summed E-state index contributed by atoms with van der Waals surface area (Å²) in [6.45, 7) is 6.28. The summed E-state index contributed by atoms with van der Waals surface area (Å²) in [6, 6.07) is 0. The van der Waals surface area contributed by atoms with Crippen LogP contribution in [0.3, 0.4) is 0 Å². The number of amides is 1. The number of carboxylic acid groups (broad SMARTS) is 1. The van der Waals surface area contributed by atoms with Gasteiger partial charge in [0, 0.05) is 19.3 Å². The number of nitrogens with zero attached hydrogens (tertiary/aromatic N) is 3. The van der Waals surface area contributed by atoms with Crippen molar-refractivity contribution in [3.63, 3.8) is 0 Å². The van der Waals surface area contributed by atoms with Crippen LogP contribution < -0.4 is 0 Å². The topological polar surface area (TPSA) is 83.4 Å². The molecule has 1 atom stereocenters. The SMILES string of the molecule is CC(C)c1ncncc1C(=O)N1CCC(C)(C(=O)O)C1. The van der Waals surface area contributed by atoms with Crippen LogP contribution in [0, 0.1) is 5.41 Å². The highest BCUT2D eigenvalue weighted by molar-refractivity contribution is 5.95. The number of rotatable bonds is 3. The third kappa shape index (κ3) is 2.50. The monoisotopic (exact) mass is 277 g/mol. The van der Waals surface area contributed by atoms with E-state index in [9.17, 15) is 14.7 Å². The van der Waals surface area contributed by atoms with Gasteiger partial charge in [0.25, 0.3) is 5.91 Å². The van der Waals surface area contributed by atoms with E-state index in [2.05, 4.69) is 9.97 Å². The zero-order chi connectivity index (χ0) is 14.9. The molecule has 0 radical (unpaired) electrons. The summed E-state index contributed by atoms with van der Waals surface area (Å²) in [7, 11) is 0. The van der Waals surface area contributed by atoms with Crippen LogP contribution in [0.4, 0.5) is 0 Å². The highest BCUT2D eigenvalue weighted by Gasteiger charge is 2.42. The lowest BCUT2D eigenvalue weighted by Crippen LogP contribution is -2.35. The standard InChI is InChI=1S/C14H19N3O3/c1-9(2)11-10(6-15-8-16-11)12(18)17-5-4-14(3,7-17)13(19)20/h6,8-9H,4-5,7H2,1-3H3,(H,19,20). The highest BCUT2D eigenvalue weighted by atomic mass is 16.4. The van der Waals surface area contributed by atoms with Gasteiger partial charge in [-0.15, -0.1) is 0 Å². The Labute approximate surface area is 117 Å². The lowest BCUT2D eigenvalue weighted by atomic mass is 9.90. The molecule has 6 nitrogen and oxygen atoms in total. The second-order valence-electron chi connectivity index (χ2n) is 5.82. The van der Waals surface area contributed by atoms with E-state index in [0.717, 1.165) is 0 Å². The van der Waals surface area contributed by atoms with Crippen molar-refractivity contribution in [3.8, 4) is 0 Å². The van der Waals surface area contributed by atoms with Gasteiger partial charge in [-0.25, -0.2) is 9.97 Å². The maximum Gasteiger partial charge on any atom is 0.311 e. The van der Waals surface area contributed by atoms with Gasteiger partial charge in [-0.3, -0.25) is 9.59 Å². The Hall–Kier alpha value is -1.98. The van der Waals surface area contributed by atoms with E-state index in [0.29, 0.717) is 24.2 Å². The van der Waals surface area contributed by atoms with Crippen molar-refractivity contribution in [3.05, 3.63) is 23.8 Å². The number of carbonyl (C=O) groups is 2. The summed E-state index contributed by atoms with van der Waals surface area (Å²) in [5, 5.41) is 9.22. The van der Waals surface area contributed by atoms with Gasteiger partial charge in [-0.1, -0.05) is 13.8 Å². The van der Waals surface area contributed by atoms with Gasteiger partial charge in [-0.2, -0.15) is 0 Å². The summed E-state index contributed by atoms with van der Waals surface area (Å²) in [6.07, 6.45) is 3.41. The van der Waals surface area contributed by atoms with E-state index in [4.69, 9.17) is 0 Å². The third-order valence-corrected chi connectivity index (χ3v) is 3.80. The van der Waals surface area contributed by atoms with Gasteiger partial charge in [0.2, 0.25) is 0 Å². The number of carboxylic acids is 1. The van der Waals surface area contributed by atoms with Crippen molar-refractivity contribution in [1.82, 2.24) is 14.9 Å². The Kier molecular flexibility index (Phi) is 3.74. The molecular weight excluding hydrogens is 258 g/mol. The third-order valence-electron chi connectivity index (χ3n) is 3.80. The molecule has 0 aliphatic carbocycles. The highest BCUT2D eigenvalue weighted by Crippen LogP contribution is 2.31. The maximum absolute atomic E-state index is 12.5. The molecule has 1 unspecified atom stereocenters. The fraction of sp³-hybridized carbons (Fsp3) is 0.571. The van der Waals surface area contributed by atoms with Gasteiger partial charge >= 0.3 is 5.97 Å². The van der Waals surface area contributed by atoms with Crippen molar-refractivity contribution in [2.24, 2.45) is 5.41 Å². The van der Waals surface area contributed by atoms with Crippen LogP contribution in [-0.2, 0) is 4.79 Å². The first-order chi connectivity index (χ1) is 9.35. The zero-order valence-electron chi connectivity index (χ0n) is 12.0. The van der Waals surface area contributed by atoms with Gasteiger partial charge < -0.3 is 10.0 Å². The van der Waals surface area contributed by atoms with Gasteiger partial charge in [0.15, 0.2) is 0 Å². The number of likely N-dealkylation sites (tertiary alicyclic amines) is 1. The Bertz CT molecular complexity index is 544. The predicted octanol–water partition coefficient (Wildman–Crippen LogP) is 1.54. The second-order valence-corrected chi connectivity index (χ2v) is 5.82. The molecule has 1 aromatic heterocycles. The summed E-state index contributed by atoms with van der Waals surface area (Å²) in [5.74, 6) is -0.925. The normalized spacial score (nSPS) is 22.3. The zero-order valence-corrected chi connectivity index (χ0v) is 12.0. The molecule has 1 amide bonds. The van der Waals surface area contributed by atoms with Crippen LogP contribution in [0.25, 0.3) is 0 Å². The molecule has 1 aromatic rings. The molecule has 2 heterocycles. The van der Waals surface area contributed by atoms with Crippen LogP contribution in [-0.4, -0.2) is 44.9 Å². The molecule has 1 saturated heterocycles. The first-order valence-electron chi connectivity index (χ1n) is 6.68. The number of hydrogen-bond donors (Lipinski definition) is 1. The Morgan fingerprint density at radius 3 is 2.70 bits per heavy atom. The van der Waals surface area contributed by atoms with Crippen molar-refractivity contribution in [1.29, 1.82) is 0 Å². The lowest BCUT2D eigenvalue weighted by molar-refractivity contribution is -0.147. The van der Waals surface area contributed by atoms with E-state index < -0.39 is 11.4 Å². The minimum absolute atomic E-state index is 0.116. The molecule has 1 N–H and O–H groups in total. The van der Waals surface area contributed by atoms with Crippen LogP contribution in [0.5, 0.6) is 0 Å². The number of aromatic nitrogens is 2. The van der Waals surface area contributed by atoms with Crippen LogP contribution in [0.2, 0.25) is 0 Å².